The summed E-state index contributed by atoms with van der Waals surface area (Å²) in [6, 6.07) is 3.86. The lowest BCUT2D eigenvalue weighted by Crippen LogP contribution is -2.23. The van der Waals surface area contributed by atoms with Crippen LogP contribution < -0.4 is 19.5 Å². The van der Waals surface area contributed by atoms with Gasteiger partial charge < -0.3 is 19.5 Å². The first-order valence-electron chi connectivity index (χ1n) is 7.45. The summed E-state index contributed by atoms with van der Waals surface area (Å²) in [5, 5.41) is 3.32. The maximum atomic E-state index is 11.4. The summed E-state index contributed by atoms with van der Waals surface area (Å²) in [5.74, 6) is 2.84. The Morgan fingerprint density at radius 2 is 2.14 bits per heavy atom. The Labute approximate surface area is 130 Å². The number of sulfone groups is 1. The zero-order chi connectivity index (χ0) is 15.6. The normalized spacial score (nSPS) is 22.5. The molecule has 0 spiro atoms. The third kappa shape index (κ3) is 3.47. The van der Waals surface area contributed by atoms with Crippen molar-refractivity contribution in [2.45, 2.75) is 13.0 Å². The predicted molar refractivity (Wildman–Crippen MR) is 82.5 cm³/mol. The third-order valence-electron chi connectivity index (χ3n) is 3.98. The summed E-state index contributed by atoms with van der Waals surface area (Å²) < 4.78 is 39.4. The Morgan fingerprint density at radius 3 is 2.86 bits per heavy atom. The van der Waals surface area contributed by atoms with E-state index in [0.717, 1.165) is 12.0 Å². The molecule has 0 unspecified atom stereocenters. The molecule has 1 aromatic carbocycles. The zero-order valence-corrected chi connectivity index (χ0v) is 13.4. The summed E-state index contributed by atoms with van der Waals surface area (Å²) >= 11 is 0. The summed E-state index contributed by atoms with van der Waals surface area (Å²) in [5.41, 5.74) is 1.03. The lowest BCUT2D eigenvalue weighted by atomic mass is 10.1. The van der Waals surface area contributed by atoms with Crippen LogP contribution in [0.1, 0.15) is 12.0 Å². The van der Waals surface area contributed by atoms with E-state index in [1.807, 2.05) is 12.1 Å². The molecule has 6 nitrogen and oxygen atoms in total. The highest BCUT2D eigenvalue weighted by atomic mass is 32.2. The molecule has 2 aliphatic rings. The Balaban J connectivity index is 1.61. The van der Waals surface area contributed by atoms with Gasteiger partial charge in [-0.15, -0.1) is 0 Å². The predicted octanol–water partition coefficient (Wildman–Crippen LogP) is 0.991. The number of fused-ring (bicyclic) bond motifs is 1. The molecule has 1 N–H and O–H groups in total. The van der Waals surface area contributed by atoms with Crippen LogP contribution in [-0.2, 0) is 16.4 Å². The maximum Gasteiger partial charge on any atom is 0.203 e. The fourth-order valence-electron chi connectivity index (χ4n) is 2.88. The number of hydrogen-bond donors (Lipinski definition) is 1. The average Bonchev–Trinajstić information content (AvgIpc) is 2.85. The molecule has 1 aromatic rings. The largest absolute Gasteiger partial charge is 0.493 e. The maximum absolute atomic E-state index is 11.4. The van der Waals surface area contributed by atoms with Crippen LogP contribution in [0, 0.1) is 5.92 Å². The summed E-state index contributed by atoms with van der Waals surface area (Å²) in [4.78, 5) is 0. The number of methoxy groups -OCH3 is 1. The zero-order valence-electron chi connectivity index (χ0n) is 12.6. The second-order valence-electron chi connectivity index (χ2n) is 5.72. The molecule has 0 amide bonds. The van der Waals surface area contributed by atoms with Crippen molar-refractivity contribution < 1.29 is 22.6 Å². The van der Waals surface area contributed by atoms with Crippen LogP contribution in [0.4, 0.5) is 0 Å². The molecule has 2 heterocycles. The standard InChI is InChI=1S/C15H21NO5S/c1-19-13-6-12(7-14-15(13)21-4-3-20-14)9-16-8-11-2-5-22(17,18)10-11/h6-7,11,16H,2-5,8-10H2,1H3/t11-/m0/s1. The summed E-state index contributed by atoms with van der Waals surface area (Å²) in [6.07, 6.45) is 0.750. The minimum Gasteiger partial charge on any atom is -0.493 e. The van der Waals surface area contributed by atoms with E-state index < -0.39 is 9.84 Å². The van der Waals surface area contributed by atoms with Gasteiger partial charge in [-0.1, -0.05) is 0 Å². The third-order valence-corrected chi connectivity index (χ3v) is 5.81. The Hall–Kier alpha value is -1.47. The molecule has 1 fully saturated rings. The van der Waals surface area contributed by atoms with Crippen LogP contribution in [-0.4, -0.2) is 46.8 Å². The lowest BCUT2D eigenvalue weighted by Gasteiger charge is -2.21. The molecule has 1 atom stereocenters. The molecular weight excluding hydrogens is 306 g/mol. The number of ether oxygens (including phenoxy) is 3. The van der Waals surface area contributed by atoms with Gasteiger partial charge in [0.15, 0.2) is 21.3 Å². The first-order valence-corrected chi connectivity index (χ1v) is 9.27. The van der Waals surface area contributed by atoms with Crippen LogP contribution in [0.3, 0.4) is 0 Å². The van der Waals surface area contributed by atoms with Crippen LogP contribution in [0.15, 0.2) is 12.1 Å². The number of benzene rings is 1. The minimum absolute atomic E-state index is 0.212. The fourth-order valence-corrected chi connectivity index (χ4v) is 4.74. The van der Waals surface area contributed by atoms with Gasteiger partial charge >= 0.3 is 0 Å². The number of nitrogens with one attached hydrogen (secondary N) is 1. The van der Waals surface area contributed by atoms with Crippen molar-refractivity contribution in [2.75, 3.05) is 38.4 Å². The van der Waals surface area contributed by atoms with Gasteiger partial charge in [-0.2, -0.15) is 0 Å². The molecule has 0 bridgehead atoms. The van der Waals surface area contributed by atoms with Crippen LogP contribution >= 0.6 is 0 Å². The highest BCUT2D eigenvalue weighted by molar-refractivity contribution is 7.91. The summed E-state index contributed by atoms with van der Waals surface area (Å²) in [7, 11) is -1.20. The van der Waals surface area contributed by atoms with Gasteiger partial charge in [0.05, 0.1) is 18.6 Å². The van der Waals surface area contributed by atoms with Crippen molar-refractivity contribution in [3.05, 3.63) is 17.7 Å². The van der Waals surface area contributed by atoms with E-state index in [1.54, 1.807) is 7.11 Å². The SMILES string of the molecule is COc1cc(CNC[C@@H]2CCS(=O)(=O)C2)cc2c1OCCO2. The van der Waals surface area contributed by atoms with Crippen molar-refractivity contribution >= 4 is 9.84 Å². The van der Waals surface area contributed by atoms with E-state index in [9.17, 15) is 8.42 Å². The lowest BCUT2D eigenvalue weighted by molar-refractivity contribution is 0.165. The van der Waals surface area contributed by atoms with Gasteiger partial charge in [-0.25, -0.2) is 8.42 Å². The second-order valence-corrected chi connectivity index (χ2v) is 7.95. The Bertz CT molecular complexity index is 626. The fraction of sp³-hybridized carbons (Fsp3) is 0.600. The molecule has 0 aliphatic carbocycles. The van der Waals surface area contributed by atoms with Gasteiger partial charge in [-0.3, -0.25) is 0 Å². The van der Waals surface area contributed by atoms with E-state index in [-0.39, 0.29) is 5.92 Å². The molecule has 122 valence electrons. The van der Waals surface area contributed by atoms with Gasteiger partial charge in [0, 0.05) is 6.54 Å². The molecule has 0 saturated carbocycles. The molecule has 7 heteroatoms. The van der Waals surface area contributed by atoms with Crippen LogP contribution in [0.25, 0.3) is 0 Å². The van der Waals surface area contributed by atoms with Crippen molar-refractivity contribution in [3.63, 3.8) is 0 Å². The molecule has 22 heavy (non-hydrogen) atoms. The molecule has 1 saturated heterocycles. The Kier molecular flexibility index (Phi) is 4.44. The van der Waals surface area contributed by atoms with Gasteiger partial charge in [-0.05, 0) is 36.6 Å². The highest BCUT2D eigenvalue weighted by Gasteiger charge is 2.27. The first kappa shape index (κ1) is 15.4. The van der Waals surface area contributed by atoms with Gasteiger partial charge in [0.25, 0.3) is 0 Å². The van der Waals surface area contributed by atoms with E-state index in [0.29, 0.717) is 55.1 Å². The monoisotopic (exact) mass is 327 g/mol. The van der Waals surface area contributed by atoms with E-state index >= 15 is 0 Å². The van der Waals surface area contributed by atoms with Crippen molar-refractivity contribution in [2.24, 2.45) is 5.92 Å². The highest BCUT2D eigenvalue weighted by Crippen LogP contribution is 2.40. The van der Waals surface area contributed by atoms with E-state index in [1.165, 1.54) is 0 Å². The van der Waals surface area contributed by atoms with Crippen molar-refractivity contribution in [1.29, 1.82) is 0 Å². The molecular formula is C15H21NO5S. The number of hydrogen-bond acceptors (Lipinski definition) is 6. The van der Waals surface area contributed by atoms with E-state index in [2.05, 4.69) is 5.32 Å². The van der Waals surface area contributed by atoms with E-state index in [4.69, 9.17) is 14.2 Å². The minimum atomic E-state index is -2.81. The molecule has 2 aliphatic heterocycles. The van der Waals surface area contributed by atoms with Crippen molar-refractivity contribution in [3.8, 4) is 17.2 Å². The van der Waals surface area contributed by atoms with Gasteiger partial charge in [0.2, 0.25) is 5.75 Å². The topological polar surface area (TPSA) is 73.9 Å². The molecule has 0 radical (unpaired) electrons. The quantitative estimate of drug-likeness (QED) is 0.869. The Morgan fingerprint density at radius 1 is 1.32 bits per heavy atom. The van der Waals surface area contributed by atoms with Crippen molar-refractivity contribution in [1.82, 2.24) is 5.32 Å². The van der Waals surface area contributed by atoms with Crippen LogP contribution in [0.5, 0.6) is 17.2 Å². The average molecular weight is 327 g/mol. The smallest absolute Gasteiger partial charge is 0.203 e. The summed E-state index contributed by atoms with van der Waals surface area (Å²) in [6.45, 7) is 2.41. The second kappa shape index (κ2) is 6.34. The van der Waals surface area contributed by atoms with Crippen LogP contribution in [0.2, 0.25) is 0 Å². The molecule has 3 rings (SSSR count). The number of rotatable bonds is 5. The first-order chi connectivity index (χ1) is 10.6. The van der Waals surface area contributed by atoms with Gasteiger partial charge in [0.1, 0.15) is 13.2 Å². The molecule has 0 aromatic heterocycles.